The van der Waals surface area contributed by atoms with Gasteiger partial charge in [0, 0.05) is 23.8 Å². The molecule has 1 saturated carbocycles. The van der Waals surface area contributed by atoms with Crippen LogP contribution in [0.15, 0.2) is 33.5 Å². The van der Waals surface area contributed by atoms with E-state index in [-0.39, 0.29) is 22.2 Å². The van der Waals surface area contributed by atoms with E-state index < -0.39 is 5.91 Å². The molecule has 152 valence electrons. The maximum Gasteiger partial charge on any atom is 0.302 e. The summed E-state index contributed by atoms with van der Waals surface area (Å²) in [4.78, 5) is 30.6. The number of nitrogens with zero attached hydrogens (tertiary/aromatic N) is 3. The van der Waals surface area contributed by atoms with Crippen LogP contribution in [0.25, 0.3) is 21.5 Å². The van der Waals surface area contributed by atoms with Crippen molar-refractivity contribution < 1.29 is 23.2 Å². The van der Waals surface area contributed by atoms with Crippen molar-refractivity contribution in [2.24, 2.45) is 0 Å². The van der Waals surface area contributed by atoms with Gasteiger partial charge in [-0.3, -0.25) is 19.4 Å². The number of hydrogen-bond donors (Lipinski definition) is 2. The van der Waals surface area contributed by atoms with Crippen LogP contribution in [0.4, 0.5) is 11.6 Å². The number of anilines is 2. The van der Waals surface area contributed by atoms with Gasteiger partial charge in [-0.2, -0.15) is 0 Å². The fourth-order valence-electron chi connectivity index (χ4n) is 3.53. The maximum absolute atomic E-state index is 12.9. The number of ketones is 1. The number of fused-ring (bicyclic) bond motifs is 1. The number of nitrogen functional groups attached to an aromatic ring is 1. The average molecular weight is 424 g/mol. The highest BCUT2D eigenvalue weighted by atomic mass is 32.1. The zero-order chi connectivity index (χ0) is 21.0. The van der Waals surface area contributed by atoms with Gasteiger partial charge in [0.1, 0.15) is 15.5 Å². The summed E-state index contributed by atoms with van der Waals surface area (Å²) in [5.41, 5.74) is 8.15. The molecule has 0 spiro atoms. The van der Waals surface area contributed by atoms with Crippen molar-refractivity contribution in [2.45, 2.75) is 32.7 Å². The fraction of sp³-hybridized carbons (Fsp3) is 0.250. The van der Waals surface area contributed by atoms with Gasteiger partial charge in [-0.25, -0.2) is 4.98 Å². The molecule has 0 atom stereocenters. The van der Waals surface area contributed by atoms with Crippen LogP contribution in [-0.4, -0.2) is 21.9 Å². The quantitative estimate of drug-likeness (QED) is 0.370. The number of rotatable bonds is 5. The van der Waals surface area contributed by atoms with Gasteiger partial charge in [0.25, 0.3) is 12.1 Å². The molecule has 1 fully saturated rings. The molecule has 4 aromatic rings. The van der Waals surface area contributed by atoms with E-state index in [1.165, 1.54) is 13.2 Å². The zero-order valence-corrected chi connectivity index (χ0v) is 17.1. The lowest BCUT2D eigenvalue weighted by Crippen LogP contribution is -2.32. The Balaban J connectivity index is 1.61. The van der Waals surface area contributed by atoms with Crippen LogP contribution in [0.2, 0.25) is 0 Å². The van der Waals surface area contributed by atoms with Crippen LogP contribution in [0.3, 0.4) is 0 Å². The lowest BCUT2D eigenvalue weighted by Gasteiger charge is -2.10. The second kappa shape index (κ2) is 6.77. The lowest BCUT2D eigenvalue weighted by molar-refractivity contribution is -0.765. The van der Waals surface area contributed by atoms with E-state index in [0.717, 1.165) is 24.2 Å². The number of pyridine rings is 1. The molecule has 30 heavy (non-hydrogen) atoms. The molecule has 4 aromatic heterocycles. The number of Topliss-reactive ketones (excluding diaryl/α,β-unsaturated/α-hetero) is 1. The Labute approximate surface area is 174 Å². The van der Waals surface area contributed by atoms with Crippen molar-refractivity contribution in [2.75, 3.05) is 11.1 Å². The van der Waals surface area contributed by atoms with Crippen LogP contribution >= 0.6 is 11.3 Å². The Kier molecular flexibility index (Phi) is 4.17. The highest BCUT2D eigenvalue weighted by molar-refractivity contribution is 7.21. The minimum absolute atomic E-state index is 0.156. The first-order valence-corrected chi connectivity index (χ1v) is 10.2. The molecule has 0 unspecified atom stereocenters. The Morgan fingerprint density at radius 1 is 1.37 bits per heavy atom. The van der Waals surface area contributed by atoms with Crippen LogP contribution < -0.4 is 15.7 Å². The monoisotopic (exact) mass is 424 g/mol. The second-order valence-corrected chi connectivity index (χ2v) is 8.24. The zero-order valence-electron chi connectivity index (χ0n) is 16.3. The largest absolute Gasteiger partial charge is 0.464 e. The topological polar surface area (TPSA) is 128 Å². The number of furan rings is 1. The number of aromatic nitrogens is 3. The van der Waals surface area contributed by atoms with Gasteiger partial charge < -0.3 is 10.2 Å². The molecule has 1 aliphatic carbocycles. The second-order valence-electron chi connectivity index (χ2n) is 7.24. The van der Waals surface area contributed by atoms with E-state index in [0.29, 0.717) is 38.8 Å². The van der Waals surface area contributed by atoms with Gasteiger partial charge in [-0.15, -0.1) is 11.3 Å². The average Bonchev–Trinajstić information content (AvgIpc) is 3.10. The Bertz CT molecular complexity index is 1300. The minimum atomic E-state index is -0.429. The molecule has 1 aliphatic rings. The molecular weight excluding hydrogens is 406 g/mol. The van der Waals surface area contributed by atoms with Crippen molar-refractivity contribution in [1.29, 1.82) is 0 Å². The van der Waals surface area contributed by atoms with E-state index >= 15 is 0 Å². The number of carbonyl (C=O) groups excluding carboxylic acids is 2. The van der Waals surface area contributed by atoms with E-state index in [9.17, 15) is 9.59 Å². The highest BCUT2D eigenvalue weighted by Crippen LogP contribution is 2.42. The number of carbonyl (C=O) groups is 2. The van der Waals surface area contributed by atoms with Gasteiger partial charge >= 0.3 is 5.88 Å². The molecule has 9 nitrogen and oxygen atoms in total. The molecule has 0 bridgehead atoms. The molecular formula is C20H18N5O4S+. The lowest BCUT2D eigenvalue weighted by atomic mass is 9.97. The van der Waals surface area contributed by atoms with Gasteiger partial charge in [0.05, 0.1) is 23.2 Å². The molecule has 4 heterocycles. The van der Waals surface area contributed by atoms with Crippen LogP contribution in [0, 0.1) is 6.92 Å². The molecule has 1 amide bonds. The first-order chi connectivity index (χ1) is 14.4. The summed E-state index contributed by atoms with van der Waals surface area (Å²) >= 11 is 1.15. The maximum atomic E-state index is 12.9. The van der Waals surface area contributed by atoms with Crippen molar-refractivity contribution >= 4 is 44.8 Å². The van der Waals surface area contributed by atoms with Crippen molar-refractivity contribution in [3.05, 3.63) is 40.7 Å². The first kappa shape index (κ1) is 18.5. The molecule has 0 aromatic carbocycles. The predicted molar refractivity (Wildman–Crippen MR) is 109 cm³/mol. The third-order valence-corrected chi connectivity index (χ3v) is 6.12. The SMILES string of the molecule is CC(=O)c1c(C)nc2sc(C(=O)Nc3c[n+](C4CC4)no3)c(N)c2c1-c1ccco1. The van der Waals surface area contributed by atoms with E-state index in [2.05, 4.69) is 15.6 Å². The number of hydrogen-bond acceptors (Lipinski definition) is 8. The Morgan fingerprint density at radius 3 is 2.83 bits per heavy atom. The van der Waals surface area contributed by atoms with E-state index in [1.807, 2.05) is 0 Å². The smallest absolute Gasteiger partial charge is 0.302 e. The summed E-state index contributed by atoms with van der Waals surface area (Å²) in [6.07, 6.45) is 5.28. The Hall–Kier alpha value is -3.53. The summed E-state index contributed by atoms with van der Waals surface area (Å²) < 4.78 is 12.5. The fourth-order valence-corrected chi connectivity index (χ4v) is 4.57. The number of nitrogens with two attached hydrogens (primary N) is 1. The van der Waals surface area contributed by atoms with Crippen LogP contribution in [-0.2, 0) is 0 Å². The summed E-state index contributed by atoms with van der Waals surface area (Å²) in [5, 5.41) is 7.14. The summed E-state index contributed by atoms with van der Waals surface area (Å²) in [7, 11) is 0. The number of aryl methyl sites for hydroxylation is 1. The number of thiophene rings is 1. The van der Waals surface area contributed by atoms with E-state index in [1.54, 1.807) is 29.9 Å². The molecule has 3 N–H and O–H groups in total. The predicted octanol–water partition coefficient (Wildman–Crippen LogP) is 3.51. The number of nitrogens with one attached hydrogen (secondary N) is 1. The standard InChI is InChI=1S/C20H17N5O4S/c1-9-14(10(2)26)15(12-4-3-7-28-12)16-17(21)18(30-20(16)22-9)19(27)23-13-8-25(24-29-13)11-5-6-11/h3-4,7-8,11H,5-6H2,1-2H3,(H2-,21,23,24,27)/p+1. The van der Waals surface area contributed by atoms with Crippen LogP contribution in [0.1, 0.15) is 51.5 Å². The first-order valence-electron chi connectivity index (χ1n) is 9.41. The van der Waals surface area contributed by atoms with Gasteiger partial charge in [-0.05, 0) is 30.7 Å². The van der Waals surface area contributed by atoms with Gasteiger partial charge in [-0.1, -0.05) is 0 Å². The van der Waals surface area contributed by atoms with Crippen molar-refractivity contribution in [1.82, 2.24) is 10.3 Å². The van der Waals surface area contributed by atoms with E-state index in [4.69, 9.17) is 14.7 Å². The summed E-state index contributed by atoms with van der Waals surface area (Å²) in [5.74, 6) is 0.148. The Morgan fingerprint density at radius 2 is 2.17 bits per heavy atom. The molecule has 5 rings (SSSR count). The molecule has 0 radical (unpaired) electrons. The van der Waals surface area contributed by atoms with Gasteiger partial charge in [0.2, 0.25) is 5.27 Å². The third-order valence-electron chi connectivity index (χ3n) is 5.02. The number of amides is 1. The van der Waals surface area contributed by atoms with Crippen LogP contribution in [0.5, 0.6) is 0 Å². The summed E-state index contributed by atoms with van der Waals surface area (Å²) in [6, 6.07) is 3.82. The molecule has 0 saturated heterocycles. The van der Waals surface area contributed by atoms with Crippen molar-refractivity contribution in [3.63, 3.8) is 0 Å². The summed E-state index contributed by atoms with van der Waals surface area (Å²) in [6.45, 7) is 3.22. The molecule has 10 heteroatoms. The van der Waals surface area contributed by atoms with Gasteiger partial charge in [0.15, 0.2) is 11.8 Å². The molecule has 0 aliphatic heterocycles. The normalized spacial score (nSPS) is 13.7. The third kappa shape index (κ3) is 2.96. The highest BCUT2D eigenvalue weighted by Gasteiger charge is 2.36. The minimum Gasteiger partial charge on any atom is -0.464 e. The van der Waals surface area contributed by atoms with Crippen molar-refractivity contribution in [3.8, 4) is 11.3 Å².